The number of carbonyl (C=O) groups is 3. The van der Waals surface area contributed by atoms with Crippen molar-refractivity contribution in [1.82, 2.24) is 5.32 Å². The third-order valence-corrected chi connectivity index (χ3v) is 3.09. The molecule has 126 valence electrons. The molecule has 0 heterocycles. The molecule has 1 aromatic carbocycles. The Bertz CT molecular complexity index is 754. The quantitative estimate of drug-likeness (QED) is 0.478. The van der Waals surface area contributed by atoms with Crippen LogP contribution in [0.25, 0.3) is 6.08 Å². The number of benzene rings is 1. The minimum absolute atomic E-state index is 0.150. The highest BCUT2D eigenvalue weighted by Gasteiger charge is 2.15. The van der Waals surface area contributed by atoms with Gasteiger partial charge in [-0.2, -0.15) is 5.26 Å². The summed E-state index contributed by atoms with van der Waals surface area (Å²) in [6.07, 6.45) is 1.20. The van der Waals surface area contributed by atoms with Crippen LogP contribution in [-0.2, 0) is 9.59 Å². The molecule has 0 aliphatic heterocycles. The number of nitrogens with one attached hydrogen (secondary N) is 1. The zero-order valence-corrected chi connectivity index (χ0v) is 13.9. The Morgan fingerprint density at radius 2 is 2.12 bits per heavy atom. The summed E-state index contributed by atoms with van der Waals surface area (Å²) in [6, 6.07) is 3.47. The Morgan fingerprint density at radius 1 is 1.46 bits per heavy atom. The number of aliphatic carboxylic acids is 1. The van der Waals surface area contributed by atoms with Gasteiger partial charge in [0.1, 0.15) is 11.6 Å². The van der Waals surface area contributed by atoms with Crippen LogP contribution in [-0.4, -0.2) is 36.7 Å². The molecule has 0 fully saturated rings. The molecule has 9 nitrogen and oxygen atoms in total. The van der Waals surface area contributed by atoms with Crippen molar-refractivity contribution >= 4 is 39.9 Å². The van der Waals surface area contributed by atoms with Gasteiger partial charge in [-0.1, -0.05) is 0 Å². The van der Waals surface area contributed by atoms with E-state index in [1.54, 1.807) is 11.4 Å². The molecule has 0 spiro atoms. The molecule has 0 saturated heterocycles. The smallest absolute Gasteiger partial charge is 0.341 e. The van der Waals surface area contributed by atoms with Gasteiger partial charge in [0.2, 0.25) is 0 Å². The molecule has 0 aliphatic carbocycles. The van der Waals surface area contributed by atoms with Crippen LogP contribution in [0.5, 0.6) is 11.5 Å². The first-order valence-corrected chi connectivity index (χ1v) is 7.02. The second kappa shape index (κ2) is 8.54. The number of rotatable bonds is 6. The molecular weight excluding hydrogens is 386 g/mol. The largest absolute Gasteiger partial charge is 0.493 e. The molecule has 0 aliphatic rings. The fourth-order valence-electron chi connectivity index (χ4n) is 1.59. The summed E-state index contributed by atoms with van der Waals surface area (Å²) in [5.41, 5.74) is 4.84. The summed E-state index contributed by atoms with van der Waals surface area (Å²) in [4.78, 5) is 32.9. The van der Waals surface area contributed by atoms with Gasteiger partial charge in [-0.05, 0) is 39.7 Å². The van der Waals surface area contributed by atoms with Crippen molar-refractivity contribution in [3.63, 3.8) is 0 Å². The first kappa shape index (κ1) is 19.0. The maximum Gasteiger partial charge on any atom is 0.341 e. The van der Waals surface area contributed by atoms with E-state index in [1.807, 2.05) is 0 Å². The molecule has 0 saturated carbocycles. The molecular formula is C14H12BrN3O6. The summed E-state index contributed by atoms with van der Waals surface area (Å²) in [6.45, 7) is -0.575. The van der Waals surface area contributed by atoms with E-state index < -0.39 is 24.5 Å². The molecule has 24 heavy (non-hydrogen) atoms. The van der Waals surface area contributed by atoms with E-state index in [9.17, 15) is 14.4 Å². The van der Waals surface area contributed by atoms with E-state index in [-0.39, 0.29) is 17.1 Å². The zero-order valence-electron chi connectivity index (χ0n) is 12.3. The molecule has 3 amide bonds. The van der Waals surface area contributed by atoms with Crippen molar-refractivity contribution in [2.24, 2.45) is 5.73 Å². The number of hydrogen-bond acceptors (Lipinski definition) is 6. The van der Waals surface area contributed by atoms with E-state index in [2.05, 4.69) is 15.9 Å². The number of carboxylic acid groups (broad SMARTS) is 1. The van der Waals surface area contributed by atoms with Gasteiger partial charge >= 0.3 is 12.0 Å². The average molecular weight is 398 g/mol. The van der Waals surface area contributed by atoms with Gasteiger partial charge in [-0.25, -0.2) is 9.59 Å². The molecule has 1 rings (SSSR count). The molecule has 0 aromatic heterocycles. The molecule has 0 unspecified atom stereocenters. The fourth-order valence-corrected chi connectivity index (χ4v) is 2.17. The van der Waals surface area contributed by atoms with Gasteiger partial charge in [0.15, 0.2) is 18.1 Å². The number of carboxylic acids is 1. The highest BCUT2D eigenvalue weighted by Crippen LogP contribution is 2.37. The maximum absolute atomic E-state index is 11.6. The van der Waals surface area contributed by atoms with Crippen LogP contribution in [0, 0.1) is 11.3 Å². The Morgan fingerprint density at radius 3 is 2.62 bits per heavy atom. The first-order chi connectivity index (χ1) is 11.3. The van der Waals surface area contributed by atoms with Crippen molar-refractivity contribution in [2.45, 2.75) is 0 Å². The van der Waals surface area contributed by atoms with Gasteiger partial charge < -0.3 is 20.3 Å². The number of halogens is 1. The number of primary amides is 1. The van der Waals surface area contributed by atoms with Crippen LogP contribution in [0.15, 0.2) is 22.2 Å². The molecule has 0 radical (unpaired) electrons. The topological polar surface area (TPSA) is 152 Å². The van der Waals surface area contributed by atoms with Crippen LogP contribution < -0.4 is 20.5 Å². The number of carbonyl (C=O) groups excluding carboxylic acids is 2. The van der Waals surface area contributed by atoms with E-state index in [1.165, 1.54) is 25.3 Å². The number of nitrogens with two attached hydrogens (primary N) is 1. The summed E-state index contributed by atoms with van der Waals surface area (Å²) < 4.78 is 10.6. The number of nitrogens with zero attached hydrogens (tertiary/aromatic N) is 1. The predicted molar refractivity (Wildman–Crippen MR) is 85.1 cm³/mol. The number of urea groups is 1. The average Bonchev–Trinajstić information content (AvgIpc) is 2.49. The number of ether oxygens (including phenoxy) is 2. The van der Waals surface area contributed by atoms with Gasteiger partial charge in [-0.3, -0.25) is 10.1 Å². The van der Waals surface area contributed by atoms with E-state index in [0.29, 0.717) is 10.0 Å². The predicted octanol–water partition coefficient (Wildman–Crippen LogP) is 1.02. The Hall–Kier alpha value is -3.06. The van der Waals surface area contributed by atoms with Crippen molar-refractivity contribution in [1.29, 1.82) is 5.26 Å². The van der Waals surface area contributed by atoms with Crippen molar-refractivity contribution in [3.8, 4) is 17.6 Å². The lowest BCUT2D eigenvalue weighted by molar-refractivity contribution is -0.139. The minimum Gasteiger partial charge on any atom is -0.493 e. The third-order valence-electron chi connectivity index (χ3n) is 2.50. The monoisotopic (exact) mass is 397 g/mol. The molecule has 0 atom stereocenters. The number of hydrogen-bond donors (Lipinski definition) is 3. The first-order valence-electron chi connectivity index (χ1n) is 6.23. The normalized spacial score (nSPS) is 10.5. The van der Waals surface area contributed by atoms with Gasteiger partial charge in [0.05, 0.1) is 11.6 Å². The number of methoxy groups -OCH3 is 1. The van der Waals surface area contributed by atoms with Gasteiger partial charge in [0.25, 0.3) is 5.91 Å². The fraction of sp³-hybridized carbons (Fsp3) is 0.143. The second-order valence-electron chi connectivity index (χ2n) is 4.20. The molecule has 10 heteroatoms. The van der Waals surface area contributed by atoms with Crippen LogP contribution >= 0.6 is 15.9 Å². The number of nitriles is 1. The van der Waals surface area contributed by atoms with Crippen LogP contribution in [0.3, 0.4) is 0 Å². The minimum atomic E-state index is -1.16. The second-order valence-corrected chi connectivity index (χ2v) is 5.06. The molecule has 4 N–H and O–H groups in total. The standard InChI is InChI=1S/C14H12BrN3O6/c1-23-10-4-7(2-8(5-16)13(21)18-14(17)22)3-9(15)12(10)24-6-11(19)20/h2-4H,6H2,1H3,(H,19,20)(H3,17,18,21,22)/b8-2-. The number of imide groups is 1. The van der Waals surface area contributed by atoms with Gasteiger partial charge in [-0.15, -0.1) is 0 Å². The van der Waals surface area contributed by atoms with Crippen LogP contribution in [0.1, 0.15) is 5.56 Å². The van der Waals surface area contributed by atoms with E-state index in [4.69, 9.17) is 25.6 Å². The van der Waals surface area contributed by atoms with Crippen molar-refractivity contribution < 1.29 is 29.0 Å². The van der Waals surface area contributed by atoms with E-state index in [0.717, 1.165) is 0 Å². The SMILES string of the molecule is COc1cc(/C=C(/C#N)C(=O)NC(N)=O)cc(Br)c1OCC(=O)O. The Kier molecular flexibility index (Phi) is 6.76. The molecule has 1 aromatic rings. The van der Waals surface area contributed by atoms with Gasteiger partial charge in [0, 0.05) is 0 Å². The summed E-state index contributed by atoms with van der Waals surface area (Å²) in [5, 5.41) is 19.4. The van der Waals surface area contributed by atoms with Crippen molar-refractivity contribution in [2.75, 3.05) is 13.7 Å². The summed E-state index contributed by atoms with van der Waals surface area (Å²) in [7, 11) is 1.34. The van der Waals surface area contributed by atoms with Crippen molar-refractivity contribution in [3.05, 3.63) is 27.7 Å². The van der Waals surface area contributed by atoms with E-state index >= 15 is 0 Å². The lowest BCUT2D eigenvalue weighted by Crippen LogP contribution is -2.35. The highest BCUT2D eigenvalue weighted by molar-refractivity contribution is 9.10. The number of amides is 3. The van der Waals surface area contributed by atoms with Crippen LogP contribution in [0.2, 0.25) is 0 Å². The molecule has 0 bridgehead atoms. The summed E-state index contributed by atoms with van der Waals surface area (Å²) >= 11 is 3.19. The third kappa shape index (κ3) is 5.29. The maximum atomic E-state index is 11.6. The Labute approximate surface area is 144 Å². The lowest BCUT2D eigenvalue weighted by atomic mass is 10.1. The Balaban J connectivity index is 3.21. The highest BCUT2D eigenvalue weighted by atomic mass is 79.9. The summed E-state index contributed by atoms with van der Waals surface area (Å²) in [5.74, 6) is -1.78. The zero-order chi connectivity index (χ0) is 18.3. The van der Waals surface area contributed by atoms with Crippen LogP contribution in [0.4, 0.5) is 4.79 Å². The lowest BCUT2D eigenvalue weighted by Gasteiger charge is -2.12.